The van der Waals surface area contributed by atoms with Crippen LogP contribution in [0.1, 0.15) is 15.9 Å². The molecule has 0 radical (unpaired) electrons. The van der Waals surface area contributed by atoms with E-state index in [9.17, 15) is 9.82 Å². The molecule has 8 heteroatoms. The number of amides is 1. The topological polar surface area (TPSA) is 104 Å². The number of carbonyl (C=O) groups excluding carboxylic acids is 1. The third kappa shape index (κ3) is 2.61. The van der Waals surface area contributed by atoms with E-state index in [1.54, 1.807) is 18.2 Å². The smallest absolute Gasteiger partial charge is 0.480 e. The minimum atomic E-state index is -0.892. The molecule has 1 aliphatic heterocycles. The van der Waals surface area contributed by atoms with Gasteiger partial charge in [0.05, 0.1) is 13.7 Å². The molecule has 7 nitrogen and oxygen atoms in total. The van der Waals surface area contributed by atoms with Crippen LogP contribution in [-0.2, 0) is 11.3 Å². The van der Waals surface area contributed by atoms with Gasteiger partial charge in [0.1, 0.15) is 11.3 Å². The van der Waals surface area contributed by atoms with Crippen molar-refractivity contribution in [3.8, 4) is 17.5 Å². The zero-order valence-electron chi connectivity index (χ0n) is 11.8. The van der Waals surface area contributed by atoms with Crippen LogP contribution in [-0.4, -0.2) is 30.1 Å². The monoisotopic (exact) mass is 300 g/mol. The van der Waals surface area contributed by atoms with E-state index in [0.717, 1.165) is 11.0 Å². The number of aromatic nitrogens is 1. The van der Waals surface area contributed by atoms with E-state index in [0.29, 0.717) is 12.4 Å². The lowest BCUT2D eigenvalue weighted by atomic mass is 9.80. The Bertz CT molecular complexity index is 737. The Hall–Kier alpha value is -2.58. The number of hydrogen-bond donors (Lipinski definition) is 2. The molecule has 1 amide bonds. The standard InChI is InChI=1S/C14H13BN2O5/c1-20-14-10(13(16)18)3-5-12(17-14)22-9-2-4-11-8(6-9)7-21-15(11)19/h2-6,19H,7H2,1H3,(H2,16,18). The first-order chi connectivity index (χ1) is 10.6. The van der Waals surface area contributed by atoms with Crippen molar-refractivity contribution < 1.29 is 23.9 Å². The SMILES string of the molecule is COc1nc(Oc2ccc3c(c2)COB3O)ccc1C(N)=O. The summed E-state index contributed by atoms with van der Waals surface area (Å²) in [6.45, 7) is 0.324. The summed E-state index contributed by atoms with van der Waals surface area (Å²) in [4.78, 5) is 15.3. The first-order valence-corrected chi connectivity index (χ1v) is 6.53. The Labute approximate surface area is 126 Å². The van der Waals surface area contributed by atoms with Crippen LogP contribution in [0.15, 0.2) is 30.3 Å². The fourth-order valence-electron chi connectivity index (χ4n) is 2.21. The normalized spacial score (nSPS) is 12.9. The van der Waals surface area contributed by atoms with E-state index in [2.05, 4.69) is 4.98 Å². The van der Waals surface area contributed by atoms with E-state index >= 15 is 0 Å². The van der Waals surface area contributed by atoms with E-state index in [1.165, 1.54) is 19.2 Å². The van der Waals surface area contributed by atoms with Crippen molar-refractivity contribution >= 4 is 18.5 Å². The van der Waals surface area contributed by atoms with Crippen LogP contribution < -0.4 is 20.7 Å². The van der Waals surface area contributed by atoms with Gasteiger partial charge in [-0.2, -0.15) is 4.98 Å². The van der Waals surface area contributed by atoms with Gasteiger partial charge in [-0.05, 0) is 29.2 Å². The zero-order valence-corrected chi connectivity index (χ0v) is 11.8. The largest absolute Gasteiger partial charge is 0.491 e. The van der Waals surface area contributed by atoms with Gasteiger partial charge in [0, 0.05) is 6.07 Å². The van der Waals surface area contributed by atoms with Gasteiger partial charge in [-0.25, -0.2) is 0 Å². The summed E-state index contributed by atoms with van der Waals surface area (Å²) >= 11 is 0. The quantitative estimate of drug-likeness (QED) is 0.782. The Balaban J connectivity index is 1.86. The zero-order chi connectivity index (χ0) is 15.7. The Morgan fingerprint density at radius 2 is 2.23 bits per heavy atom. The molecule has 3 rings (SSSR count). The average molecular weight is 300 g/mol. The van der Waals surface area contributed by atoms with Gasteiger partial charge in [-0.1, -0.05) is 6.07 Å². The first-order valence-electron chi connectivity index (χ1n) is 6.53. The van der Waals surface area contributed by atoms with Crippen molar-refractivity contribution in [2.75, 3.05) is 7.11 Å². The maximum atomic E-state index is 11.2. The number of nitrogens with two attached hydrogens (primary N) is 1. The van der Waals surface area contributed by atoms with Crippen LogP contribution in [0.5, 0.6) is 17.5 Å². The highest BCUT2D eigenvalue weighted by Crippen LogP contribution is 2.25. The van der Waals surface area contributed by atoms with Crippen LogP contribution in [0, 0.1) is 0 Å². The molecule has 0 spiro atoms. The molecule has 1 aromatic carbocycles. The first kappa shape index (κ1) is 14.4. The molecule has 3 N–H and O–H groups in total. The van der Waals surface area contributed by atoms with Crippen molar-refractivity contribution in [3.63, 3.8) is 0 Å². The molecule has 0 bridgehead atoms. The molecule has 0 atom stereocenters. The lowest BCUT2D eigenvalue weighted by Gasteiger charge is -2.09. The van der Waals surface area contributed by atoms with Gasteiger partial charge in [0.15, 0.2) is 0 Å². The molecular weight excluding hydrogens is 287 g/mol. The van der Waals surface area contributed by atoms with Gasteiger partial charge < -0.3 is 24.9 Å². The molecule has 2 heterocycles. The molecular formula is C14H13BN2O5. The molecule has 1 aromatic heterocycles. The van der Waals surface area contributed by atoms with Crippen LogP contribution >= 0.6 is 0 Å². The van der Waals surface area contributed by atoms with Crippen molar-refractivity contribution in [1.82, 2.24) is 4.98 Å². The Morgan fingerprint density at radius 3 is 2.95 bits per heavy atom. The third-order valence-electron chi connectivity index (χ3n) is 3.29. The Kier molecular flexibility index (Phi) is 3.70. The van der Waals surface area contributed by atoms with Crippen LogP contribution in [0.2, 0.25) is 0 Å². The number of fused-ring (bicyclic) bond motifs is 1. The van der Waals surface area contributed by atoms with Gasteiger partial charge >= 0.3 is 7.12 Å². The number of rotatable bonds is 4. The number of benzene rings is 1. The van der Waals surface area contributed by atoms with Crippen molar-refractivity contribution in [2.24, 2.45) is 5.73 Å². The summed E-state index contributed by atoms with van der Waals surface area (Å²) < 4.78 is 15.8. The van der Waals surface area contributed by atoms with Crippen molar-refractivity contribution in [3.05, 3.63) is 41.5 Å². The molecule has 0 unspecified atom stereocenters. The predicted molar refractivity (Wildman–Crippen MR) is 78.2 cm³/mol. The second kappa shape index (κ2) is 5.66. The number of methoxy groups -OCH3 is 1. The van der Waals surface area contributed by atoms with E-state index in [4.69, 9.17) is 19.9 Å². The number of pyridine rings is 1. The van der Waals surface area contributed by atoms with E-state index < -0.39 is 13.0 Å². The Morgan fingerprint density at radius 1 is 1.41 bits per heavy atom. The summed E-state index contributed by atoms with van der Waals surface area (Å²) in [5.74, 6) is 0.281. The lowest BCUT2D eigenvalue weighted by Crippen LogP contribution is -2.27. The maximum Gasteiger partial charge on any atom is 0.491 e. The molecule has 0 fully saturated rings. The summed E-state index contributed by atoms with van der Waals surface area (Å²) in [5, 5.41) is 9.58. The van der Waals surface area contributed by atoms with Crippen LogP contribution in [0.25, 0.3) is 0 Å². The predicted octanol–water partition coefficient (Wildman–Crippen LogP) is 0.199. The highest BCUT2D eigenvalue weighted by atomic mass is 16.5. The highest BCUT2D eigenvalue weighted by Gasteiger charge is 2.27. The second-order valence-electron chi connectivity index (χ2n) is 4.70. The lowest BCUT2D eigenvalue weighted by molar-refractivity contribution is 0.0996. The van der Waals surface area contributed by atoms with Crippen LogP contribution in [0.3, 0.4) is 0 Å². The number of primary amides is 1. The van der Waals surface area contributed by atoms with Crippen molar-refractivity contribution in [1.29, 1.82) is 0 Å². The van der Waals surface area contributed by atoms with Gasteiger partial charge in [-0.3, -0.25) is 4.79 Å². The summed E-state index contributed by atoms with van der Waals surface area (Å²) in [5.41, 5.74) is 6.99. The number of carbonyl (C=O) groups is 1. The maximum absolute atomic E-state index is 11.2. The summed E-state index contributed by atoms with van der Waals surface area (Å²) in [7, 11) is 0.504. The molecule has 2 aromatic rings. The van der Waals surface area contributed by atoms with E-state index in [1.807, 2.05) is 0 Å². The fraction of sp³-hybridized carbons (Fsp3) is 0.143. The summed E-state index contributed by atoms with van der Waals surface area (Å²) in [6.07, 6.45) is 0. The fourth-order valence-corrected chi connectivity index (χ4v) is 2.21. The minimum Gasteiger partial charge on any atom is -0.480 e. The number of nitrogens with zero attached hydrogens (tertiary/aromatic N) is 1. The van der Waals surface area contributed by atoms with Gasteiger partial charge in [0.25, 0.3) is 5.91 Å². The van der Waals surface area contributed by atoms with Crippen molar-refractivity contribution in [2.45, 2.75) is 6.61 Å². The number of ether oxygens (including phenoxy) is 2. The van der Waals surface area contributed by atoms with Gasteiger partial charge in [0.2, 0.25) is 11.8 Å². The molecule has 22 heavy (non-hydrogen) atoms. The molecule has 0 saturated carbocycles. The van der Waals surface area contributed by atoms with Crippen LogP contribution in [0.4, 0.5) is 0 Å². The molecule has 0 saturated heterocycles. The second-order valence-corrected chi connectivity index (χ2v) is 4.70. The minimum absolute atomic E-state index is 0.102. The van der Waals surface area contributed by atoms with E-state index in [-0.39, 0.29) is 17.3 Å². The third-order valence-corrected chi connectivity index (χ3v) is 3.29. The highest BCUT2D eigenvalue weighted by molar-refractivity contribution is 6.61. The molecule has 112 valence electrons. The number of hydrogen-bond acceptors (Lipinski definition) is 6. The average Bonchev–Trinajstić information content (AvgIpc) is 2.87. The summed E-state index contributed by atoms with van der Waals surface area (Å²) in [6, 6.07) is 8.22. The van der Waals surface area contributed by atoms with Gasteiger partial charge in [-0.15, -0.1) is 0 Å². The molecule has 1 aliphatic rings. The molecule has 0 aliphatic carbocycles.